The van der Waals surface area contributed by atoms with Gasteiger partial charge in [-0.2, -0.15) is 0 Å². The van der Waals surface area contributed by atoms with Crippen molar-refractivity contribution >= 4 is 23.2 Å². The standard InChI is InChI=1S/C23H30Cl2N2O/c1-2-3-9-21(28-20-10-11-22(24)23(25)16-20)18-27-14-12-26(13-15-27)17-19-7-5-4-6-8-19/h4-8,10-11,16,21H,2-3,9,12-15,17-18H2,1H3. The Hall–Kier alpha value is -1.26. The second-order valence-corrected chi connectivity index (χ2v) is 8.33. The van der Waals surface area contributed by atoms with Crippen molar-refractivity contribution in [2.75, 3.05) is 32.7 Å². The lowest BCUT2D eigenvalue weighted by Gasteiger charge is -2.36. The van der Waals surface area contributed by atoms with Crippen molar-refractivity contribution in [2.24, 2.45) is 0 Å². The molecular weight excluding hydrogens is 391 g/mol. The molecule has 1 fully saturated rings. The highest BCUT2D eigenvalue weighted by molar-refractivity contribution is 6.42. The van der Waals surface area contributed by atoms with Gasteiger partial charge in [0, 0.05) is 45.3 Å². The summed E-state index contributed by atoms with van der Waals surface area (Å²) in [5, 5.41) is 1.11. The molecule has 0 saturated carbocycles. The first-order valence-electron chi connectivity index (χ1n) is 10.2. The Bertz CT molecular complexity index is 718. The first-order chi connectivity index (χ1) is 13.6. The quantitative estimate of drug-likeness (QED) is 0.513. The van der Waals surface area contributed by atoms with Crippen LogP contribution in [0.5, 0.6) is 5.75 Å². The van der Waals surface area contributed by atoms with Crippen molar-refractivity contribution in [3.8, 4) is 5.75 Å². The van der Waals surface area contributed by atoms with Gasteiger partial charge in [-0.3, -0.25) is 9.80 Å². The van der Waals surface area contributed by atoms with E-state index < -0.39 is 0 Å². The fourth-order valence-electron chi connectivity index (χ4n) is 3.62. The van der Waals surface area contributed by atoms with Crippen LogP contribution >= 0.6 is 23.2 Å². The van der Waals surface area contributed by atoms with Crippen molar-refractivity contribution in [2.45, 2.75) is 38.8 Å². The summed E-state index contributed by atoms with van der Waals surface area (Å²) in [7, 11) is 0. The maximum Gasteiger partial charge on any atom is 0.121 e. The zero-order valence-electron chi connectivity index (χ0n) is 16.6. The van der Waals surface area contributed by atoms with E-state index in [1.807, 2.05) is 12.1 Å². The van der Waals surface area contributed by atoms with Crippen LogP contribution in [-0.2, 0) is 6.54 Å². The van der Waals surface area contributed by atoms with Gasteiger partial charge in [-0.25, -0.2) is 0 Å². The van der Waals surface area contributed by atoms with Crippen LogP contribution in [0.4, 0.5) is 0 Å². The summed E-state index contributed by atoms with van der Waals surface area (Å²) in [6.07, 6.45) is 3.57. The van der Waals surface area contributed by atoms with Gasteiger partial charge in [0.25, 0.3) is 0 Å². The van der Waals surface area contributed by atoms with Crippen molar-refractivity contribution in [3.05, 3.63) is 64.1 Å². The first kappa shape index (κ1) is 21.4. The normalized spacial score (nSPS) is 16.8. The highest BCUT2D eigenvalue weighted by Crippen LogP contribution is 2.27. The number of nitrogens with zero attached hydrogens (tertiary/aromatic N) is 2. The first-order valence-corrected chi connectivity index (χ1v) is 11.0. The van der Waals surface area contributed by atoms with Gasteiger partial charge in [0.2, 0.25) is 0 Å². The largest absolute Gasteiger partial charge is 0.489 e. The highest BCUT2D eigenvalue weighted by Gasteiger charge is 2.21. The summed E-state index contributed by atoms with van der Waals surface area (Å²) < 4.78 is 6.28. The summed E-state index contributed by atoms with van der Waals surface area (Å²) in [4.78, 5) is 5.06. The fourth-order valence-corrected chi connectivity index (χ4v) is 3.91. The number of ether oxygens (including phenoxy) is 1. The lowest BCUT2D eigenvalue weighted by atomic mass is 10.1. The van der Waals surface area contributed by atoms with Crippen LogP contribution in [0, 0.1) is 0 Å². The molecular formula is C23H30Cl2N2O. The van der Waals surface area contributed by atoms with E-state index in [1.165, 1.54) is 18.4 Å². The summed E-state index contributed by atoms with van der Waals surface area (Å²) in [6.45, 7) is 8.58. The topological polar surface area (TPSA) is 15.7 Å². The molecule has 1 heterocycles. The molecule has 152 valence electrons. The van der Waals surface area contributed by atoms with E-state index in [-0.39, 0.29) is 6.10 Å². The van der Waals surface area contributed by atoms with E-state index in [1.54, 1.807) is 6.07 Å². The van der Waals surface area contributed by atoms with E-state index in [0.717, 1.165) is 51.4 Å². The molecule has 5 heteroatoms. The molecule has 3 nitrogen and oxygen atoms in total. The summed E-state index contributed by atoms with van der Waals surface area (Å²) in [5.74, 6) is 0.804. The smallest absolute Gasteiger partial charge is 0.121 e. The minimum absolute atomic E-state index is 0.179. The molecule has 2 aromatic carbocycles. The minimum Gasteiger partial charge on any atom is -0.489 e. The molecule has 1 atom stereocenters. The van der Waals surface area contributed by atoms with Crippen LogP contribution in [0.1, 0.15) is 31.7 Å². The third kappa shape index (κ3) is 6.66. The van der Waals surface area contributed by atoms with Crippen LogP contribution in [0.3, 0.4) is 0 Å². The fraction of sp³-hybridized carbons (Fsp3) is 0.478. The van der Waals surface area contributed by atoms with Gasteiger partial charge in [-0.15, -0.1) is 0 Å². The molecule has 2 aromatic rings. The van der Waals surface area contributed by atoms with Gasteiger partial charge < -0.3 is 4.74 Å². The van der Waals surface area contributed by atoms with Gasteiger partial charge in [-0.1, -0.05) is 66.9 Å². The second kappa shape index (κ2) is 11.1. The average molecular weight is 421 g/mol. The molecule has 1 aliphatic heterocycles. The molecule has 3 rings (SSSR count). The average Bonchev–Trinajstić information content (AvgIpc) is 2.71. The van der Waals surface area contributed by atoms with E-state index in [4.69, 9.17) is 27.9 Å². The van der Waals surface area contributed by atoms with Crippen molar-refractivity contribution in [3.63, 3.8) is 0 Å². The van der Waals surface area contributed by atoms with Gasteiger partial charge in [0.05, 0.1) is 10.0 Å². The maximum atomic E-state index is 6.28. The lowest BCUT2D eigenvalue weighted by molar-refractivity contribution is 0.0766. The van der Waals surface area contributed by atoms with Gasteiger partial charge >= 0.3 is 0 Å². The molecule has 0 amide bonds. The Labute approximate surface area is 179 Å². The van der Waals surface area contributed by atoms with Crippen LogP contribution in [0.2, 0.25) is 10.0 Å². The summed E-state index contributed by atoms with van der Waals surface area (Å²) >= 11 is 12.2. The second-order valence-electron chi connectivity index (χ2n) is 7.52. The molecule has 0 bridgehead atoms. The third-order valence-electron chi connectivity index (χ3n) is 5.25. The van der Waals surface area contributed by atoms with Gasteiger partial charge in [0.15, 0.2) is 0 Å². The number of hydrogen-bond acceptors (Lipinski definition) is 3. The van der Waals surface area contributed by atoms with Crippen molar-refractivity contribution < 1.29 is 4.74 Å². The number of unbranched alkanes of at least 4 members (excludes halogenated alkanes) is 1. The van der Waals surface area contributed by atoms with Crippen LogP contribution in [0.15, 0.2) is 48.5 Å². The maximum absolute atomic E-state index is 6.28. The Morgan fingerprint density at radius 2 is 1.64 bits per heavy atom. The molecule has 0 aliphatic carbocycles. The van der Waals surface area contributed by atoms with E-state index in [0.29, 0.717) is 10.0 Å². The lowest BCUT2D eigenvalue weighted by Crippen LogP contribution is -2.48. The zero-order valence-corrected chi connectivity index (χ0v) is 18.1. The molecule has 0 spiro atoms. The highest BCUT2D eigenvalue weighted by atomic mass is 35.5. The number of benzene rings is 2. The Morgan fingerprint density at radius 3 is 2.32 bits per heavy atom. The third-order valence-corrected chi connectivity index (χ3v) is 5.99. The van der Waals surface area contributed by atoms with E-state index >= 15 is 0 Å². The molecule has 28 heavy (non-hydrogen) atoms. The Kier molecular flexibility index (Phi) is 8.47. The predicted octanol–water partition coefficient (Wildman–Crippen LogP) is 5.75. The molecule has 1 unspecified atom stereocenters. The van der Waals surface area contributed by atoms with Crippen molar-refractivity contribution in [1.82, 2.24) is 9.80 Å². The van der Waals surface area contributed by atoms with E-state index in [2.05, 4.69) is 47.1 Å². The molecule has 0 radical (unpaired) electrons. The molecule has 1 saturated heterocycles. The number of hydrogen-bond donors (Lipinski definition) is 0. The molecule has 1 aliphatic rings. The van der Waals surface area contributed by atoms with Gasteiger partial charge in [-0.05, 0) is 30.5 Å². The SMILES string of the molecule is CCCCC(CN1CCN(Cc2ccccc2)CC1)Oc1ccc(Cl)c(Cl)c1. The Morgan fingerprint density at radius 1 is 0.929 bits per heavy atom. The van der Waals surface area contributed by atoms with Gasteiger partial charge in [0.1, 0.15) is 11.9 Å². The number of halogens is 2. The summed E-state index contributed by atoms with van der Waals surface area (Å²) in [5.41, 5.74) is 1.39. The summed E-state index contributed by atoms with van der Waals surface area (Å²) in [6, 6.07) is 16.3. The molecule has 0 aromatic heterocycles. The zero-order chi connectivity index (χ0) is 19.8. The van der Waals surface area contributed by atoms with Crippen molar-refractivity contribution in [1.29, 1.82) is 0 Å². The molecule has 0 N–H and O–H groups in total. The minimum atomic E-state index is 0.179. The number of piperazine rings is 1. The van der Waals surface area contributed by atoms with Crippen LogP contribution in [0.25, 0.3) is 0 Å². The monoisotopic (exact) mass is 420 g/mol. The van der Waals surface area contributed by atoms with Crippen LogP contribution < -0.4 is 4.74 Å². The van der Waals surface area contributed by atoms with Crippen LogP contribution in [-0.4, -0.2) is 48.6 Å². The number of rotatable bonds is 9. The van der Waals surface area contributed by atoms with E-state index in [9.17, 15) is 0 Å². The Balaban J connectivity index is 1.51. The predicted molar refractivity (Wildman–Crippen MR) is 119 cm³/mol.